The lowest BCUT2D eigenvalue weighted by molar-refractivity contribution is -0.145. The van der Waals surface area contributed by atoms with Crippen molar-refractivity contribution in [2.24, 2.45) is 0 Å². The Morgan fingerprint density at radius 3 is 2.43 bits per heavy atom. The maximum Gasteiger partial charge on any atom is 0.337 e. The number of esters is 2. The molecule has 1 aromatic heterocycles. The fraction of sp³-hybridized carbons (Fsp3) is 0.353. The molecule has 0 bridgehead atoms. The first kappa shape index (κ1) is 16.7. The van der Waals surface area contributed by atoms with Gasteiger partial charge in [0.1, 0.15) is 6.61 Å². The molecule has 0 amide bonds. The van der Waals surface area contributed by atoms with Gasteiger partial charge in [0.15, 0.2) is 0 Å². The third-order valence-electron chi connectivity index (χ3n) is 3.41. The van der Waals surface area contributed by atoms with E-state index in [1.165, 1.54) is 7.11 Å². The number of benzene rings is 1. The summed E-state index contributed by atoms with van der Waals surface area (Å²) in [4.78, 5) is 23.1. The molecule has 0 unspecified atom stereocenters. The summed E-state index contributed by atoms with van der Waals surface area (Å²) in [5.74, 6) is -0.673. The van der Waals surface area contributed by atoms with Gasteiger partial charge in [0.2, 0.25) is 0 Å². The van der Waals surface area contributed by atoms with Gasteiger partial charge in [-0.05, 0) is 37.6 Å². The summed E-state index contributed by atoms with van der Waals surface area (Å²) in [5.41, 5.74) is 3.24. The number of hydrogen-bond donors (Lipinski definition) is 0. The molecule has 0 radical (unpaired) electrons. The Morgan fingerprint density at radius 2 is 1.87 bits per heavy atom. The van der Waals surface area contributed by atoms with Crippen molar-refractivity contribution in [1.82, 2.24) is 9.78 Å². The Hall–Kier alpha value is -2.63. The van der Waals surface area contributed by atoms with Crippen LogP contribution < -0.4 is 0 Å². The third-order valence-corrected chi connectivity index (χ3v) is 3.41. The highest BCUT2D eigenvalue weighted by molar-refractivity contribution is 5.89. The van der Waals surface area contributed by atoms with Gasteiger partial charge in [0.25, 0.3) is 0 Å². The predicted octanol–water partition coefficient (Wildman–Crippen LogP) is 2.42. The summed E-state index contributed by atoms with van der Waals surface area (Å²) in [6.07, 6.45) is 0.266. The molecule has 0 saturated heterocycles. The van der Waals surface area contributed by atoms with Crippen LogP contribution in [-0.4, -0.2) is 28.8 Å². The number of carbonyl (C=O) groups is 2. The second kappa shape index (κ2) is 7.58. The lowest BCUT2D eigenvalue weighted by atomic mass is 10.1. The van der Waals surface area contributed by atoms with Gasteiger partial charge in [-0.15, -0.1) is 0 Å². The van der Waals surface area contributed by atoms with Crippen molar-refractivity contribution in [3.05, 3.63) is 52.8 Å². The topological polar surface area (TPSA) is 70.4 Å². The molecule has 0 aliphatic rings. The van der Waals surface area contributed by atoms with Gasteiger partial charge in [-0.3, -0.25) is 9.48 Å². The lowest BCUT2D eigenvalue weighted by Gasteiger charge is -2.07. The van der Waals surface area contributed by atoms with Crippen LogP contribution in [0.5, 0.6) is 0 Å². The maximum atomic E-state index is 11.8. The number of nitrogens with zero attached hydrogens (tertiary/aromatic N) is 2. The fourth-order valence-electron chi connectivity index (χ4n) is 2.19. The zero-order valence-electron chi connectivity index (χ0n) is 13.5. The summed E-state index contributed by atoms with van der Waals surface area (Å²) in [5, 5.41) is 4.30. The molecule has 0 fully saturated rings. The summed E-state index contributed by atoms with van der Waals surface area (Å²) in [6, 6.07) is 8.73. The van der Waals surface area contributed by atoms with E-state index in [0.29, 0.717) is 12.1 Å². The number of carbonyl (C=O) groups excluding carboxylic acids is 2. The minimum absolute atomic E-state index is 0.178. The van der Waals surface area contributed by atoms with Gasteiger partial charge in [-0.25, -0.2) is 4.79 Å². The molecule has 1 aromatic carbocycles. The van der Waals surface area contributed by atoms with E-state index in [0.717, 1.165) is 17.0 Å². The largest absolute Gasteiger partial charge is 0.465 e. The van der Waals surface area contributed by atoms with Crippen LogP contribution in [0.25, 0.3) is 0 Å². The number of ether oxygens (including phenoxy) is 2. The van der Waals surface area contributed by atoms with E-state index in [1.54, 1.807) is 28.9 Å². The quantitative estimate of drug-likeness (QED) is 0.765. The van der Waals surface area contributed by atoms with Gasteiger partial charge in [0, 0.05) is 5.69 Å². The van der Waals surface area contributed by atoms with Crippen molar-refractivity contribution in [3.8, 4) is 0 Å². The zero-order valence-corrected chi connectivity index (χ0v) is 13.5. The highest BCUT2D eigenvalue weighted by atomic mass is 16.5. The SMILES string of the molecule is COC(=O)c1ccc(COC(=O)CCn2nc(C)cc2C)cc1. The number of aromatic nitrogens is 2. The first-order valence-electron chi connectivity index (χ1n) is 7.33. The molecular weight excluding hydrogens is 296 g/mol. The van der Waals surface area contributed by atoms with Crippen molar-refractivity contribution in [2.45, 2.75) is 33.4 Å². The molecule has 6 nitrogen and oxygen atoms in total. The molecule has 1 heterocycles. The fourth-order valence-corrected chi connectivity index (χ4v) is 2.19. The molecule has 2 aromatic rings. The van der Waals surface area contributed by atoms with Crippen molar-refractivity contribution >= 4 is 11.9 Å². The van der Waals surface area contributed by atoms with Crippen LogP contribution in [0, 0.1) is 13.8 Å². The molecule has 0 aliphatic heterocycles. The third kappa shape index (κ3) is 4.67. The molecule has 0 spiro atoms. The predicted molar refractivity (Wildman–Crippen MR) is 83.9 cm³/mol. The first-order valence-corrected chi connectivity index (χ1v) is 7.33. The molecule has 0 N–H and O–H groups in total. The van der Waals surface area contributed by atoms with E-state index >= 15 is 0 Å². The molecule has 6 heteroatoms. The van der Waals surface area contributed by atoms with Gasteiger partial charge >= 0.3 is 11.9 Å². The standard InChI is InChI=1S/C17H20N2O4/c1-12-10-13(2)19(18-12)9-8-16(20)23-11-14-4-6-15(7-5-14)17(21)22-3/h4-7,10H,8-9,11H2,1-3H3. The Kier molecular flexibility index (Phi) is 5.51. The lowest BCUT2D eigenvalue weighted by Crippen LogP contribution is -2.11. The Morgan fingerprint density at radius 1 is 1.17 bits per heavy atom. The number of methoxy groups -OCH3 is 1. The van der Waals surface area contributed by atoms with Crippen molar-refractivity contribution < 1.29 is 19.1 Å². The van der Waals surface area contributed by atoms with E-state index in [9.17, 15) is 9.59 Å². The second-order valence-electron chi connectivity index (χ2n) is 5.25. The van der Waals surface area contributed by atoms with Gasteiger partial charge in [-0.1, -0.05) is 12.1 Å². The monoisotopic (exact) mass is 316 g/mol. The summed E-state index contributed by atoms with van der Waals surface area (Å²) >= 11 is 0. The Balaban J connectivity index is 1.80. The Labute approximate surface area is 135 Å². The second-order valence-corrected chi connectivity index (χ2v) is 5.25. The van der Waals surface area contributed by atoms with Crippen LogP contribution in [0.1, 0.15) is 33.7 Å². The molecule has 122 valence electrons. The zero-order chi connectivity index (χ0) is 16.8. The first-order chi connectivity index (χ1) is 11.0. The van der Waals surface area contributed by atoms with Gasteiger partial charge in [-0.2, -0.15) is 5.10 Å². The van der Waals surface area contributed by atoms with Gasteiger partial charge in [0.05, 0.1) is 31.3 Å². The van der Waals surface area contributed by atoms with Crippen molar-refractivity contribution in [1.29, 1.82) is 0 Å². The van der Waals surface area contributed by atoms with Crippen LogP contribution >= 0.6 is 0 Å². The smallest absolute Gasteiger partial charge is 0.337 e. The van der Waals surface area contributed by atoms with E-state index in [-0.39, 0.29) is 19.0 Å². The van der Waals surface area contributed by atoms with Crippen molar-refractivity contribution in [2.75, 3.05) is 7.11 Å². The van der Waals surface area contributed by atoms with Crippen LogP contribution in [0.4, 0.5) is 0 Å². The number of hydrogen-bond acceptors (Lipinski definition) is 5. The average molecular weight is 316 g/mol. The van der Waals surface area contributed by atoms with Crippen LogP contribution in [0.3, 0.4) is 0 Å². The molecule has 23 heavy (non-hydrogen) atoms. The normalized spacial score (nSPS) is 10.4. The van der Waals surface area contributed by atoms with Crippen LogP contribution in [0.15, 0.2) is 30.3 Å². The van der Waals surface area contributed by atoms with Gasteiger partial charge < -0.3 is 9.47 Å². The van der Waals surface area contributed by atoms with Crippen LogP contribution in [-0.2, 0) is 27.4 Å². The molecule has 0 saturated carbocycles. The minimum atomic E-state index is -0.390. The van der Waals surface area contributed by atoms with Crippen molar-refractivity contribution in [3.63, 3.8) is 0 Å². The van der Waals surface area contributed by atoms with E-state index in [2.05, 4.69) is 9.84 Å². The molecule has 2 rings (SSSR count). The maximum absolute atomic E-state index is 11.8. The summed E-state index contributed by atoms with van der Waals surface area (Å²) in [6.45, 7) is 4.55. The molecule has 0 aliphatic carbocycles. The Bertz CT molecular complexity index is 689. The minimum Gasteiger partial charge on any atom is -0.465 e. The summed E-state index contributed by atoms with van der Waals surface area (Å²) < 4.78 is 11.6. The molecular formula is C17H20N2O4. The molecule has 0 atom stereocenters. The number of aryl methyl sites for hydroxylation is 3. The van der Waals surface area contributed by atoms with E-state index in [4.69, 9.17) is 4.74 Å². The van der Waals surface area contributed by atoms with Crippen LogP contribution in [0.2, 0.25) is 0 Å². The summed E-state index contributed by atoms with van der Waals surface area (Å²) in [7, 11) is 1.33. The van der Waals surface area contributed by atoms with E-state index < -0.39 is 5.97 Å². The highest BCUT2D eigenvalue weighted by Gasteiger charge is 2.08. The average Bonchev–Trinajstić information content (AvgIpc) is 2.88. The van der Waals surface area contributed by atoms with E-state index in [1.807, 2.05) is 19.9 Å². The highest BCUT2D eigenvalue weighted by Crippen LogP contribution is 2.08. The number of rotatable bonds is 6.